The lowest BCUT2D eigenvalue weighted by molar-refractivity contribution is 0.300. The summed E-state index contributed by atoms with van der Waals surface area (Å²) in [5.74, 6) is 3.49. The van der Waals surface area contributed by atoms with Gasteiger partial charge in [0.2, 0.25) is 0 Å². The first-order valence-electron chi connectivity index (χ1n) is 13.3. The Morgan fingerprint density at radius 3 is 1.90 bits per heavy atom. The van der Waals surface area contributed by atoms with Gasteiger partial charge < -0.3 is 0 Å². The lowest BCUT2D eigenvalue weighted by Gasteiger charge is -2.30. The van der Waals surface area contributed by atoms with Crippen LogP contribution in [0.15, 0.2) is 18.3 Å². The van der Waals surface area contributed by atoms with Crippen molar-refractivity contribution in [1.82, 2.24) is 4.98 Å². The summed E-state index contributed by atoms with van der Waals surface area (Å²) in [6.45, 7) is 4.63. The van der Waals surface area contributed by atoms with E-state index in [4.69, 9.17) is 4.98 Å². The van der Waals surface area contributed by atoms with E-state index in [2.05, 4.69) is 32.2 Å². The van der Waals surface area contributed by atoms with Crippen LogP contribution in [0.4, 0.5) is 0 Å². The Labute approximate surface area is 181 Å². The van der Waals surface area contributed by atoms with Crippen molar-refractivity contribution in [3.8, 4) is 0 Å². The van der Waals surface area contributed by atoms with E-state index in [1.807, 2.05) is 0 Å². The molecule has 29 heavy (non-hydrogen) atoms. The summed E-state index contributed by atoms with van der Waals surface area (Å²) < 4.78 is 0. The average molecular weight is 398 g/mol. The number of hydrogen-bond donors (Lipinski definition) is 0. The maximum Gasteiger partial charge on any atom is 0.0434 e. The van der Waals surface area contributed by atoms with Gasteiger partial charge in [0.1, 0.15) is 0 Å². The molecule has 2 fully saturated rings. The zero-order valence-electron chi connectivity index (χ0n) is 19.5. The molecule has 0 aromatic carbocycles. The summed E-state index contributed by atoms with van der Waals surface area (Å²) in [6, 6.07) is 4.81. The minimum Gasteiger partial charge on any atom is -0.261 e. The third kappa shape index (κ3) is 7.41. The second kappa shape index (κ2) is 12.8. The van der Waals surface area contributed by atoms with Crippen LogP contribution in [-0.4, -0.2) is 4.98 Å². The third-order valence-corrected chi connectivity index (χ3v) is 8.06. The molecule has 2 aliphatic carbocycles. The van der Waals surface area contributed by atoms with Crippen LogP contribution in [0.1, 0.15) is 146 Å². The fraction of sp³-hybridized carbons (Fsp3) is 0.821. The Balaban J connectivity index is 1.36. The number of aromatic nitrogens is 1. The van der Waals surface area contributed by atoms with E-state index in [0.717, 1.165) is 23.7 Å². The summed E-state index contributed by atoms with van der Waals surface area (Å²) in [4.78, 5) is 4.95. The molecule has 3 rings (SSSR count). The van der Waals surface area contributed by atoms with Gasteiger partial charge in [0.15, 0.2) is 0 Å². The Morgan fingerprint density at radius 2 is 1.28 bits per heavy atom. The molecule has 2 saturated carbocycles. The van der Waals surface area contributed by atoms with Crippen LogP contribution >= 0.6 is 0 Å². The first-order chi connectivity index (χ1) is 14.3. The van der Waals surface area contributed by atoms with Crippen molar-refractivity contribution in [2.45, 2.75) is 135 Å². The predicted molar refractivity (Wildman–Crippen MR) is 127 cm³/mol. The van der Waals surface area contributed by atoms with Crippen molar-refractivity contribution >= 4 is 0 Å². The van der Waals surface area contributed by atoms with E-state index in [1.165, 1.54) is 120 Å². The molecule has 0 N–H and O–H groups in total. The van der Waals surface area contributed by atoms with Gasteiger partial charge in [0.25, 0.3) is 0 Å². The molecule has 1 aromatic rings. The zero-order valence-corrected chi connectivity index (χ0v) is 19.5. The largest absolute Gasteiger partial charge is 0.261 e. The highest BCUT2D eigenvalue weighted by Gasteiger charge is 2.25. The Bertz CT molecular complexity index is 532. The molecule has 0 atom stereocenters. The van der Waals surface area contributed by atoms with Gasteiger partial charge in [-0.15, -0.1) is 0 Å². The van der Waals surface area contributed by atoms with Crippen LogP contribution in [0.25, 0.3) is 0 Å². The van der Waals surface area contributed by atoms with Crippen LogP contribution in [-0.2, 0) is 0 Å². The summed E-state index contributed by atoms with van der Waals surface area (Å²) in [6.07, 6.45) is 26.4. The van der Waals surface area contributed by atoms with Gasteiger partial charge in [0.05, 0.1) is 0 Å². The van der Waals surface area contributed by atoms with Gasteiger partial charge in [-0.1, -0.05) is 77.7 Å². The molecule has 0 bridgehead atoms. The quantitative estimate of drug-likeness (QED) is 0.339. The Hall–Kier alpha value is -0.850. The monoisotopic (exact) mass is 397 g/mol. The third-order valence-electron chi connectivity index (χ3n) is 8.06. The predicted octanol–water partition coefficient (Wildman–Crippen LogP) is 9.18. The fourth-order valence-corrected chi connectivity index (χ4v) is 6.05. The topological polar surface area (TPSA) is 12.9 Å². The smallest absolute Gasteiger partial charge is 0.0434 e. The second-order valence-corrected chi connectivity index (χ2v) is 10.3. The maximum absolute atomic E-state index is 4.95. The summed E-state index contributed by atoms with van der Waals surface area (Å²) in [5.41, 5.74) is 2.90. The van der Waals surface area contributed by atoms with E-state index in [-0.39, 0.29) is 0 Å². The van der Waals surface area contributed by atoms with E-state index in [9.17, 15) is 0 Å². The van der Waals surface area contributed by atoms with Crippen molar-refractivity contribution < 1.29 is 0 Å². The SMILES string of the molecule is CCCCCCCCC1CCC(c2ccc(C3CCC(CCC)CC3)nc2)CC1. The van der Waals surface area contributed by atoms with E-state index in [0.29, 0.717) is 0 Å². The van der Waals surface area contributed by atoms with Crippen LogP contribution in [0, 0.1) is 11.8 Å². The standard InChI is InChI=1S/C28H47N/c1-3-5-6-7-8-9-11-24-12-16-25(17-13-24)27-20-21-28(29-22-27)26-18-14-23(10-4-2)15-19-26/h20-26H,3-19H2,1-2H3. The fourth-order valence-electron chi connectivity index (χ4n) is 6.05. The van der Waals surface area contributed by atoms with Gasteiger partial charge >= 0.3 is 0 Å². The van der Waals surface area contributed by atoms with Gasteiger partial charge in [-0.3, -0.25) is 4.98 Å². The highest BCUT2D eigenvalue weighted by atomic mass is 14.7. The van der Waals surface area contributed by atoms with Gasteiger partial charge in [0, 0.05) is 17.8 Å². The first kappa shape index (κ1) is 22.8. The van der Waals surface area contributed by atoms with E-state index in [1.54, 1.807) is 0 Å². The molecule has 1 nitrogen and oxygen atoms in total. The zero-order chi connectivity index (χ0) is 20.3. The highest BCUT2D eigenvalue weighted by Crippen LogP contribution is 2.39. The molecule has 164 valence electrons. The Kier molecular flexibility index (Phi) is 10.0. The molecule has 0 unspecified atom stereocenters. The normalized spacial score (nSPS) is 27.8. The molecule has 0 saturated heterocycles. The number of nitrogens with zero attached hydrogens (tertiary/aromatic N) is 1. The first-order valence-corrected chi connectivity index (χ1v) is 13.3. The molecular formula is C28H47N. The summed E-state index contributed by atoms with van der Waals surface area (Å²) >= 11 is 0. The lowest BCUT2D eigenvalue weighted by atomic mass is 9.76. The van der Waals surface area contributed by atoms with Crippen molar-refractivity contribution in [2.75, 3.05) is 0 Å². The van der Waals surface area contributed by atoms with Gasteiger partial charge in [-0.25, -0.2) is 0 Å². The number of rotatable bonds is 11. The maximum atomic E-state index is 4.95. The average Bonchev–Trinajstić information content (AvgIpc) is 2.78. The van der Waals surface area contributed by atoms with Crippen LogP contribution < -0.4 is 0 Å². The van der Waals surface area contributed by atoms with Gasteiger partial charge in [-0.05, 0) is 80.8 Å². The second-order valence-electron chi connectivity index (χ2n) is 10.3. The number of pyridine rings is 1. The molecule has 1 heterocycles. The van der Waals surface area contributed by atoms with Gasteiger partial charge in [-0.2, -0.15) is 0 Å². The molecule has 2 aliphatic rings. The summed E-state index contributed by atoms with van der Waals surface area (Å²) in [7, 11) is 0. The molecule has 0 amide bonds. The molecule has 0 aliphatic heterocycles. The Morgan fingerprint density at radius 1 is 0.655 bits per heavy atom. The van der Waals surface area contributed by atoms with E-state index < -0.39 is 0 Å². The molecule has 1 aromatic heterocycles. The van der Waals surface area contributed by atoms with Crippen LogP contribution in [0.2, 0.25) is 0 Å². The molecule has 0 spiro atoms. The van der Waals surface area contributed by atoms with Crippen molar-refractivity contribution in [3.63, 3.8) is 0 Å². The van der Waals surface area contributed by atoms with Crippen molar-refractivity contribution in [2.24, 2.45) is 11.8 Å². The lowest BCUT2D eigenvalue weighted by Crippen LogP contribution is -2.15. The van der Waals surface area contributed by atoms with Crippen molar-refractivity contribution in [1.29, 1.82) is 0 Å². The van der Waals surface area contributed by atoms with E-state index >= 15 is 0 Å². The van der Waals surface area contributed by atoms with Crippen molar-refractivity contribution in [3.05, 3.63) is 29.6 Å². The number of unbranched alkanes of at least 4 members (excludes halogenated alkanes) is 5. The molecular weight excluding hydrogens is 350 g/mol. The summed E-state index contributed by atoms with van der Waals surface area (Å²) in [5, 5.41) is 0. The number of hydrogen-bond acceptors (Lipinski definition) is 1. The molecule has 1 heteroatoms. The van der Waals surface area contributed by atoms with Crippen LogP contribution in [0.5, 0.6) is 0 Å². The minimum absolute atomic E-state index is 0.727. The minimum atomic E-state index is 0.727. The van der Waals surface area contributed by atoms with Crippen LogP contribution in [0.3, 0.4) is 0 Å². The highest BCUT2D eigenvalue weighted by molar-refractivity contribution is 5.21. The molecule has 0 radical (unpaired) electrons.